The van der Waals surface area contributed by atoms with Gasteiger partial charge in [0, 0.05) is 25.5 Å². The lowest BCUT2D eigenvalue weighted by Gasteiger charge is -2.21. The van der Waals surface area contributed by atoms with E-state index < -0.39 is 0 Å². The number of halogens is 2. The van der Waals surface area contributed by atoms with Gasteiger partial charge in [0.05, 0.1) is 0 Å². The van der Waals surface area contributed by atoms with E-state index in [1.54, 1.807) is 0 Å². The van der Waals surface area contributed by atoms with Crippen molar-refractivity contribution in [2.24, 2.45) is 0 Å². The van der Waals surface area contributed by atoms with Crippen LogP contribution in [0.25, 0.3) is 0 Å². The predicted octanol–water partition coefficient (Wildman–Crippen LogP) is 4.08. The maximum atomic E-state index is 5.94. The summed E-state index contributed by atoms with van der Waals surface area (Å²) >= 11 is 5.94. The Hall–Kier alpha value is -1.42. The normalized spacial score (nSPS) is 12.3. The van der Waals surface area contributed by atoms with E-state index in [1.807, 2.05) is 12.1 Å². The Bertz CT molecular complexity index is 592. The van der Waals surface area contributed by atoms with Crippen LogP contribution in [-0.2, 0) is 13.1 Å². The number of alkyl halides is 1. The second-order valence-corrected chi connectivity index (χ2v) is 5.45. The maximum Gasteiger partial charge on any atom is 0.231 e. The van der Waals surface area contributed by atoms with Gasteiger partial charge in [-0.05, 0) is 23.3 Å². The smallest absolute Gasteiger partial charge is 0.231 e. The minimum Gasteiger partial charge on any atom is -0.454 e. The third kappa shape index (κ3) is 4.29. The predicted molar refractivity (Wildman–Crippen MR) is 91.1 cm³/mol. The van der Waals surface area contributed by atoms with Gasteiger partial charge in [-0.15, -0.1) is 24.0 Å². The van der Waals surface area contributed by atoms with Gasteiger partial charge in [-0.3, -0.25) is 4.90 Å². The van der Waals surface area contributed by atoms with Gasteiger partial charge in [-0.25, -0.2) is 0 Å². The summed E-state index contributed by atoms with van der Waals surface area (Å²) in [6.07, 6.45) is 0. The van der Waals surface area contributed by atoms with Crippen molar-refractivity contribution in [2.75, 3.05) is 19.2 Å². The van der Waals surface area contributed by atoms with Crippen molar-refractivity contribution in [1.82, 2.24) is 4.90 Å². The molecule has 3 rings (SSSR count). The molecule has 118 valence electrons. The van der Waals surface area contributed by atoms with Gasteiger partial charge in [0.2, 0.25) is 6.79 Å². The Balaban J connectivity index is 0.00000176. The molecule has 0 aromatic heterocycles. The summed E-state index contributed by atoms with van der Waals surface area (Å²) in [5.74, 6) is 2.28. The molecule has 5 heteroatoms. The lowest BCUT2D eigenvalue weighted by molar-refractivity contribution is 0.174. The Morgan fingerprint density at radius 2 is 1.64 bits per heavy atom. The fraction of sp³-hybridized carbons (Fsp3) is 0.294. The molecule has 2 aromatic carbocycles. The molecule has 0 amide bonds. The molecule has 0 bridgehead atoms. The van der Waals surface area contributed by atoms with Gasteiger partial charge in [0.25, 0.3) is 0 Å². The quantitative estimate of drug-likeness (QED) is 0.740. The monoisotopic (exact) mass is 339 g/mol. The number of hydrogen-bond acceptors (Lipinski definition) is 3. The molecule has 0 unspecified atom stereocenters. The van der Waals surface area contributed by atoms with Gasteiger partial charge in [0.15, 0.2) is 11.5 Å². The molecular formula is C17H19Cl2NO2. The van der Waals surface area contributed by atoms with Crippen LogP contribution < -0.4 is 9.47 Å². The van der Waals surface area contributed by atoms with E-state index >= 15 is 0 Å². The first-order chi connectivity index (χ1) is 10.3. The molecular weight excluding hydrogens is 321 g/mol. The molecule has 1 heterocycles. The van der Waals surface area contributed by atoms with Crippen LogP contribution in [0.2, 0.25) is 0 Å². The Morgan fingerprint density at radius 1 is 0.909 bits per heavy atom. The third-order valence-corrected chi connectivity index (χ3v) is 3.66. The summed E-state index contributed by atoms with van der Waals surface area (Å²) in [6.45, 7) is 2.90. The van der Waals surface area contributed by atoms with Crippen LogP contribution in [0.15, 0.2) is 48.5 Å². The molecule has 22 heavy (non-hydrogen) atoms. The van der Waals surface area contributed by atoms with E-state index in [0.29, 0.717) is 12.7 Å². The highest BCUT2D eigenvalue weighted by molar-refractivity contribution is 6.18. The summed E-state index contributed by atoms with van der Waals surface area (Å²) in [4.78, 5) is 2.33. The van der Waals surface area contributed by atoms with E-state index in [1.165, 1.54) is 11.1 Å². The zero-order valence-electron chi connectivity index (χ0n) is 12.2. The largest absolute Gasteiger partial charge is 0.454 e. The van der Waals surface area contributed by atoms with E-state index in [0.717, 1.165) is 31.1 Å². The highest BCUT2D eigenvalue weighted by Gasteiger charge is 2.14. The Labute approximate surface area is 142 Å². The van der Waals surface area contributed by atoms with E-state index in [4.69, 9.17) is 21.1 Å². The highest BCUT2D eigenvalue weighted by Crippen LogP contribution is 2.32. The van der Waals surface area contributed by atoms with Gasteiger partial charge in [-0.1, -0.05) is 36.4 Å². The SMILES string of the molecule is Cl.ClCCN(Cc1ccccc1)Cc1ccc2c(c1)OCO2. The van der Waals surface area contributed by atoms with E-state index in [-0.39, 0.29) is 12.4 Å². The third-order valence-electron chi connectivity index (χ3n) is 3.49. The van der Waals surface area contributed by atoms with Crippen LogP contribution in [0, 0.1) is 0 Å². The molecule has 0 N–H and O–H groups in total. The molecule has 1 aliphatic heterocycles. The van der Waals surface area contributed by atoms with Crippen LogP contribution >= 0.6 is 24.0 Å². The van der Waals surface area contributed by atoms with Gasteiger partial charge in [-0.2, -0.15) is 0 Å². The van der Waals surface area contributed by atoms with Crippen LogP contribution in [0.4, 0.5) is 0 Å². The standard InChI is InChI=1S/C17H18ClNO2.ClH/c18-8-9-19(11-14-4-2-1-3-5-14)12-15-6-7-16-17(10-15)21-13-20-16;/h1-7,10H,8-9,11-13H2;1H. The minimum atomic E-state index is 0. The summed E-state index contributed by atoms with van der Waals surface area (Å²) in [5.41, 5.74) is 2.50. The fourth-order valence-electron chi connectivity index (χ4n) is 2.47. The van der Waals surface area contributed by atoms with E-state index in [9.17, 15) is 0 Å². The van der Waals surface area contributed by atoms with Gasteiger partial charge < -0.3 is 9.47 Å². The van der Waals surface area contributed by atoms with Crippen LogP contribution in [0.5, 0.6) is 11.5 Å². The molecule has 3 nitrogen and oxygen atoms in total. The van der Waals surface area contributed by atoms with Crippen molar-refractivity contribution in [3.63, 3.8) is 0 Å². The zero-order valence-corrected chi connectivity index (χ0v) is 13.8. The topological polar surface area (TPSA) is 21.7 Å². The molecule has 0 saturated heterocycles. The number of rotatable bonds is 6. The number of hydrogen-bond donors (Lipinski definition) is 0. The fourth-order valence-corrected chi connectivity index (χ4v) is 2.71. The highest BCUT2D eigenvalue weighted by atomic mass is 35.5. The van der Waals surface area contributed by atoms with Crippen molar-refractivity contribution in [1.29, 1.82) is 0 Å². The van der Waals surface area contributed by atoms with Crippen molar-refractivity contribution in [3.8, 4) is 11.5 Å². The average Bonchev–Trinajstić information content (AvgIpc) is 2.96. The molecule has 0 aliphatic carbocycles. The first-order valence-electron chi connectivity index (χ1n) is 7.06. The summed E-state index contributed by atoms with van der Waals surface area (Å²) in [7, 11) is 0. The lowest BCUT2D eigenvalue weighted by Crippen LogP contribution is -2.24. The molecule has 0 atom stereocenters. The van der Waals surface area contributed by atoms with Crippen LogP contribution in [0.1, 0.15) is 11.1 Å². The summed E-state index contributed by atoms with van der Waals surface area (Å²) in [6, 6.07) is 16.5. The average molecular weight is 340 g/mol. The van der Waals surface area contributed by atoms with Crippen molar-refractivity contribution in [2.45, 2.75) is 13.1 Å². The van der Waals surface area contributed by atoms with Crippen LogP contribution in [-0.4, -0.2) is 24.1 Å². The number of fused-ring (bicyclic) bond motifs is 1. The minimum absolute atomic E-state index is 0. The second kappa shape index (κ2) is 8.28. The molecule has 0 fully saturated rings. The lowest BCUT2D eigenvalue weighted by atomic mass is 10.1. The molecule has 0 radical (unpaired) electrons. The number of ether oxygens (including phenoxy) is 2. The van der Waals surface area contributed by atoms with Crippen LogP contribution in [0.3, 0.4) is 0 Å². The molecule has 2 aromatic rings. The van der Waals surface area contributed by atoms with Crippen molar-refractivity contribution < 1.29 is 9.47 Å². The zero-order chi connectivity index (χ0) is 14.5. The number of nitrogens with zero attached hydrogens (tertiary/aromatic N) is 1. The first-order valence-corrected chi connectivity index (χ1v) is 7.59. The first kappa shape index (κ1) is 16.9. The Morgan fingerprint density at radius 3 is 2.41 bits per heavy atom. The molecule has 0 spiro atoms. The summed E-state index contributed by atoms with van der Waals surface area (Å²) < 4.78 is 10.8. The van der Waals surface area contributed by atoms with Gasteiger partial charge >= 0.3 is 0 Å². The van der Waals surface area contributed by atoms with Crippen molar-refractivity contribution >= 4 is 24.0 Å². The number of benzene rings is 2. The molecule has 1 aliphatic rings. The van der Waals surface area contributed by atoms with Crippen molar-refractivity contribution in [3.05, 3.63) is 59.7 Å². The van der Waals surface area contributed by atoms with E-state index in [2.05, 4.69) is 41.3 Å². The molecule has 0 saturated carbocycles. The van der Waals surface area contributed by atoms with Gasteiger partial charge in [0.1, 0.15) is 0 Å². The maximum absolute atomic E-state index is 5.94. The second-order valence-electron chi connectivity index (χ2n) is 5.07. The summed E-state index contributed by atoms with van der Waals surface area (Å²) in [5, 5.41) is 0. The Kier molecular flexibility index (Phi) is 6.37.